The molecule has 0 saturated heterocycles. The highest BCUT2D eigenvalue weighted by Gasteiger charge is 2.26. The fraction of sp³-hybridized carbons (Fsp3) is 0.533. The third-order valence-electron chi connectivity index (χ3n) is 4.50. The summed E-state index contributed by atoms with van der Waals surface area (Å²) in [5, 5.41) is 11.8. The maximum atomic E-state index is 14.4. The molecule has 0 aliphatic heterocycles. The lowest BCUT2D eigenvalue weighted by molar-refractivity contribution is 0.345. The van der Waals surface area contributed by atoms with Gasteiger partial charge in [-0.2, -0.15) is 0 Å². The number of nitrogens with two attached hydrogens (primary N) is 1. The zero-order chi connectivity index (χ0) is 15.0. The molecule has 1 aromatic carbocycles. The highest BCUT2D eigenvalue weighted by atomic mass is 19.1. The van der Waals surface area contributed by atoms with Crippen LogP contribution in [0.2, 0.25) is 0 Å². The number of aryl methyl sites for hydroxylation is 1. The van der Waals surface area contributed by atoms with Crippen molar-refractivity contribution in [2.24, 2.45) is 11.8 Å². The molecule has 2 N–H and O–H groups in total. The Morgan fingerprint density at radius 2 is 2.19 bits per heavy atom. The van der Waals surface area contributed by atoms with Crippen molar-refractivity contribution in [3.05, 3.63) is 23.5 Å². The largest absolute Gasteiger partial charge is 0.399 e. The SMILES string of the molecule is Cc1cc(N)cc(-c2nnnn2CC2CCCC2C)c1F. The molecule has 1 aromatic heterocycles. The van der Waals surface area contributed by atoms with Crippen LogP contribution in [0.1, 0.15) is 31.7 Å². The number of nitrogen functional groups attached to an aromatic ring is 1. The molecule has 3 rings (SSSR count). The zero-order valence-corrected chi connectivity index (χ0v) is 12.4. The smallest absolute Gasteiger partial charge is 0.185 e. The number of benzene rings is 1. The van der Waals surface area contributed by atoms with Gasteiger partial charge in [0.2, 0.25) is 0 Å². The van der Waals surface area contributed by atoms with Gasteiger partial charge in [-0.3, -0.25) is 0 Å². The standard InChI is InChI=1S/C15H20FN5/c1-9-4-3-5-11(9)8-21-15(18-19-20-21)13-7-12(17)6-10(2)14(13)16/h6-7,9,11H,3-5,8,17H2,1-2H3. The molecule has 6 heteroatoms. The van der Waals surface area contributed by atoms with Crippen molar-refractivity contribution in [1.82, 2.24) is 20.2 Å². The number of halogens is 1. The molecular formula is C15H20FN5. The van der Waals surface area contributed by atoms with E-state index in [0.717, 1.165) is 6.54 Å². The van der Waals surface area contributed by atoms with E-state index < -0.39 is 0 Å². The van der Waals surface area contributed by atoms with Crippen molar-refractivity contribution in [3.8, 4) is 11.4 Å². The van der Waals surface area contributed by atoms with Crippen molar-refractivity contribution in [3.63, 3.8) is 0 Å². The molecule has 1 heterocycles. The van der Waals surface area contributed by atoms with Crippen molar-refractivity contribution in [2.45, 2.75) is 39.7 Å². The van der Waals surface area contributed by atoms with Gasteiger partial charge in [-0.1, -0.05) is 19.8 Å². The molecule has 21 heavy (non-hydrogen) atoms. The molecule has 2 atom stereocenters. The first-order chi connectivity index (χ1) is 10.1. The Morgan fingerprint density at radius 1 is 1.38 bits per heavy atom. The summed E-state index contributed by atoms with van der Waals surface area (Å²) < 4.78 is 16.1. The third kappa shape index (κ3) is 2.62. The van der Waals surface area contributed by atoms with Crippen molar-refractivity contribution in [1.29, 1.82) is 0 Å². The van der Waals surface area contributed by atoms with Crippen LogP contribution in [0.5, 0.6) is 0 Å². The summed E-state index contributed by atoms with van der Waals surface area (Å²) in [5.74, 6) is 1.37. The number of tetrazole rings is 1. The van der Waals surface area contributed by atoms with Crippen LogP contribution < -0.4 is 5.73 Å². The predicted molar refractivity (Wildman–Crippen MR) is 78.9 cm³/mol. The summed E-state index contributed by atoms with van der Waals surface area (Å²) in [6.07, 6.45) is 3.67. The number of anilines is 1. The van der Waals surface area contributed by atoms with Gasteiger partial charge in [-0.15, -0.1) is 5.10 Å². The van der Waals surface area contributed by atoms with E-state index in [9.17, 15) is 4.39 Å². The van der Waals surface area contributed by atoms with Gasteiger partial charge < -0.3 is 5.73 Å². The van der Waals surface area contributed by atoms with Crippen LogP contribution in [0, 0.1) is 24.6 Å². The van der Waals surface area contributed by atoms with Gasteiger partial charge in [0.15, 0.2) is 5.82 Å². The summed E-state index contributed by atoms with van der Waals surface area (Å²) in [4.78, 5) is 0. The maximum Gasteiger partial charge on any atom is 0.185 e. The summed E-state index contributed by atoms with van der Waals surface area (Å²) in [5.41, 5.74) is 7.23. The van der Waals surface area contributed by atoms with E-state index in [0.29, 0.717) is 34.5 Å². The monoisotopic (exact) mass is 289 g/mol. The minimum absolute atomic E-state index is 0.306. The molecular weight excluding hydrogens is 269 g/mol. The maximum absolute atomic E-state index is 14.4. The van der Waals surface area contributed by atoms with E-state index in [1.807, 2.05) is 0 Å². The van der Waals surface area contributed by atoms with Crippen molar-refractivity contribution in [2.75, 3.05) is 5.73 Å². The first kappa shape index (κ1) is 14.0. The third-order valence-corrected chi connectivity index (χ3v) is 4.50. The van der Waals surface area contributed by atoms with Gasteiger partial charge in [-0.05, 0) is 53.3 Å². The van der Waals surface area contributed by atoms with Gasteiger partial charge in [0.25, 0.3) is 0 Å². The molecule has 1 aliphatic carbocycles. The average Bonchev–Trinajstić information content (AvgIpc) is 3.05. The molecule has 0 amide bonds. The van der Waals surface area contributed by atoms with Crippen LogP contribution in [-0.2, 0) is 6.54 Å². The van der Waals surface area contributed by atoms with E-state index >= 15 is 0 Å². The number of rotatable bonds is 3. The molecule has 2 aromatic rings. The Morgan fingerprint density at radius 3 is 2.90 bits per heavy atom. The highest BCUT2D eigenvalue weighted by Crippen LogP contribution is 2.33. The summed E-state index contributed by atoms with van der Waals surface area (Å²) in [7, 11) is 0. The van der Waals surface area contributed by atoms with E-state index in [1.54, 1.807) is 23.7 Å². The van der Waals surface area contributed by atoms with Crippen LogP contribution in [0.4, 0.5) is 10.1 Å². The second kappa shape index (κ2) is 5.42. The van der Waals surface area contributed by atoms with E-state index in [-0.39, 0.29) is 5.82 Å². The number of hydrogen-bond acceptors (Lipinski definition) is 4. The van der Waals surface area contributed by atoms with Gasteiger partial charge in [0.05, 0.1) is 5.56 Å². The second-order valence-corrected chi connectivity index (χ2v) is 6.05. The summed E-state index contributed by atoms with van der Waals surface area (Å²) >= 11 is 0. The van der Waals surface area contributed by atoms with Crippen LogP contribution in [0.15, 0.2) is 12.1 Å². The van der Waals surface area contributed by atoms with Crippen LogP contribution in [0.25, 0.3) is 11.4 Å². The molecule has 5 nitrogen and oxygen atoms in total. The van der Waals surface area contributed by atoms with Crippen LogP contribution >= 0.6 is 0 Å². The predicted octanol–water partition coefficient (Wildman–Crippen LogP) is 2.81. The summed E-state index contributed by atoms with van der Waals surface area (Å²) in [6, 6.07) is 3.22. The van der Waals surface area contributed by atoms with Crippen molar-refractivity contribution >= 4 is 5.69 Å². The van der Waals surface area contributed by atoms with Crippen LogP contribution in [-0.4, -0.2) is 20.2 Å². The Kier molecular flexibility index (Phi) is 3.61. The molecule has 0 radical (unpaired) electrons. The molecule has 1 aliphatic rings. The zero-order valence-electron chi connectivity index (χ0n) is 12.4. The molecule has 1 fully saturated rings. The van der Waals surface area contributed by atoms with E-state index in [2.05, 4.69) is 22.4 Å². The van der Waals surface area contributed by atoms with Crippen LogP contribution in [0.3, 0.4) is 0 Å². The lowest BCUT2D eigenvalue weighted by Crippen LogP contribution is -2.15. The second-order valence-electron chi connectivity index (χ2n) is 6.05. The van der Waals surface area contributed by atoms with Crippen molar-refractivity contribution < 1.29 is 4.39 Å². The Hall–Kier alpha value is -1.98. The average molecular weight is 289 g/mol. The number of aromatic nitrogens is 4. The first-order valence-corrected chi connectivity index (χ1v) is 7.38. The lowest BCUT2D eigenvalue weighted by Gasteiger charge is -2.16. The quantitative estimate of drug-likeness (QED) is 0.882. The topological polar surface area (TPSA) is 69.6 Å². The fourth-order valence-electron chi connectivity index (χ4n) is 3.20. The Labute approximate surface area is 123 Å². The van der Waals surface area contributed by atoms with Gasteiger partial charge in [-0.25, -0.2) is 9.07 Å². The lowest BCUT2D eigenvalue weighted by atomic mass is 9.98. The Bertz CT molecular complexity index is 652. The first-order valence-electron chi connectivity index (χ1n) is 7.38. The Balaban J connectivity index is 1.95. The number of hydrogen-bond donors (Lipinski definition) is 1. The van der Waals surface area contributed by atoms with Gasteiger partial charge in [0, 0.05) is 12.2 Å². The molecule has 0 spiro atoms. The number of nitrogens with zero attached hydrogens (tertiary/aromatic N) is 4. The van der Waals surface area contributed by atoms with E-state index in [4.69, 9.17) is 5.73 Å². The summed E-state index contributed by atoms with van der Waals surface area (Å²) in [6.45, 7) is 4.69. The van der Waals surface area contributed by atoms with Gasteiger partial charge >= 0.3 is 0 Å². The highest BCUT2D eigenvalue weighted by molar-refractivity contribution is 5.63. The molecule has 2 unspecified atom stereocenters. The molecule has 0 bridgehead atoms. The molecule has 112 valence electrons. The normalized spacial score (nSPS) is 21.9. The molecule has 1 saturated carbocycles. The minimum atomic E-state index is -0.306. The van der Waals surface area contributed by atoms with Gasteiger partial charge in [0.1, 0.15) is 5.82 Å². The fourth-order valence-corrected chi connectivity index (χ4v) is 3.20. The van der Waals surface area contributed by atoms with E-state index in [1.165, 1.54) is 19.3 Å². The minimum Gasteiger partial charge on any atom is -0.399 e.